The van der Waals surface area contributed by atoms with Gasteiger partial charge in [0.25, 0.3) is 0 Å². The Morgan fingerprint density at radius 1 is 1.33 bits per heavy atom. The number of carbonyl (C=O) groups excluding carboxylic acids is 1. The van der Waals surface area contributed by atoms with E-state index in [9.17, 15) is 4.79 Å². The van der Waals surface area contributed by atoms with Crippen molar-refractivity contribution in [2.24, 2.45) is 0 Å². The van der Waals surface area contributed by atoms with E-state index in [4.69, 9.17) is 20.9 Å². The number of esters is 1. The molecule has 0 heterocycles. The van der Waals surface area contributed by atoms with Crippen LogP contribution in [-0.2, 0) is 9.53 Å². The zero-order valence-corrected chi connectivity index (χ0v) is 8.53. The first-order valence-electron chi connectivity index (χ1n) is 4.57. The summed E-state index contributed by atoms with van der Waals surface area (Å²) in [5, 5.41) is 0. The smallest absolute Gasteiger partial charge is 0.344 e. The highest BCUT2D eigenvalue weighted by molar-refractivity contribution is 5.71. The SMILES string of the molecule is CCOC(=O)COc1ccc(N)c(N)c1. The molecule has 0 saturated carbocycles. The van der Waals surface area contributed by atoms with Crippen LogP contribution in [0.4, 0.5) is 11.4 Å². The molecule has 0 aliphatic rings. The van der Waals surface area contributed by atoms with Crippen LogP contribution >= 0.6 is 0 Å². The van der Waals surface area contributed by atoms with E-state index in [0.29, 0.717) is 23.7 Å². The fourth-order valence-electron chi connectivity index (χ4n) is 0.988. The Hall–Kier alpha value is -1.91. The van der Waals surface area contributed by atoms with Crippen molar-refractivity contribution in [2.75, 3.05) is 24.7 Å². The van der Waals surface area contributed by atoms with E-state index in [1.807, 2.05) is 0 Å². The van der Waals surface area contributed by atoms with Gasteiger partial charge in [-0.05, 0) is 19.1 Å². The van der Waals surface area contributed by atoms with E-state index in [2.05, 4.69) is 0 Å². The lowest BCUT2D eigenvalue weighted by molar-refractivity contribution is -0.145. The summed E-state index contributed by atoms with van der Waals surface area (Å²) in [7, 11) is 0. The number of carbonyl (C=O) groups is 1. The number of rotatable bonds is 4. The first-order valence-corrected chi connectivity index (χ1v) is 4.57. The molecular formula is C10H14N2O3. The zero-order chi connectivity index (χ0) is 11.3. The van der Waals surface area contributed by atoms with Gasteiger partial charge in [-0.1, -0.05) is 0 Å². The molecule has 1 aromatic rings. The Bertz CT molecular complexity index is 353. The second-order valence-electron chi connectivity index (χ2n) is 2.88. The molecule has 0 radical (unpaired) electrons. The molecule has 0 aromatic heterocycles. The van der Waals surface area contributed by atoms with Crippen molar-refractivity contribution in [3.8, 4) is 5.75 Å². The van der Waals surface area contributed by atoms with Crippen LogP contribution in [0.2, 0.25) is 0 Å². The average Bonchev–Trinajstić information content (AvgIpc) is 2.20. The van der Waals surface area contributed by atoms with Gasteiger partial charge in [0, 0.05) is 6.07 Å². The highest BCUT2D eigenvalue weighted by Crippen LogP contribution is 2.21. The summed E-state index contributed by atoms with van der Waals surface area (Å²) in [6.07, 6.45) is 0. The summed E-state index contributed by atoms with van der Waals surface area (Å²) in [6.45, 7) is 1.95. The first-order chi connectivity index (χ1) is 7.13. The lowest BCUT2D eigenvalue weighted by atomic mass is 10.2. The first kappa shape index (κ1) is 11.2. The van der Waals surface area contributed by atoms with Crippen LogP contribution in [0.3, 0.4) is 0 Å². The molecule has 0 unspecified atom stereocenters. The Labute approximate surface area is 88.0 Å². The molecule has 5 nitrogen and oxygen atoms in total. The molecule has 0 bridgehead atoms. The predicted octanol–water partition coefficient (Wildman–Crippen LogP) is 0.793. The van der Waals surface area contributed by atoms with Gasteiger partial charge in [0.15, 0.2) is 6.61 Å². The topological polar surface area (TPSA) is 87.6 Å². The lowest BCUT2D eigenvalue weighted by Gasteiger charge is -2.07. The van der Waals surface area contributed by atoms with Crippen molar-refractivity contribution in [2.45, 2.75) is 6.92 Å². The summed E-state index contributed by atoms with van der Waals surface area (Å²) in [4.78, 5) is 11.0. The molecule has 0 aliphatic carbocycles. The molecule has 1 rings (SSSR count). The van der Waals surface area contributed by atoms with Crippen molar-refractivity contribution >= 4 is 17.3 Å². The number of anilines is 2. The molecule has 0 amide bonds. The van der Waals surface area contributed by atoms with Gasteiger partial charge >= 0.3 is 5.97 Å². The van der Waals surface area contributed by atoms with Gasteiger partial charge in [-0.25, -0.2) is 4.79 Å². The van der Waals surface area contributed by atoms with E-state index >= 15 is 0 Å². The van der Waals surface area contributed by atoms with Gasteiger partial charge in [-0.15, -0.1) is 0 Å². The number of ether oxygens (including phenoxy) is 2. The summed E-state index contributed by atoms with van der Waals surface area (Å²) < 4.78 is 9.84. The fraction of sp³-hybridized carbons (Fsp3) is 0.300. The third kappa shape index (κ3) is 3.38. The molecule has 0 saturated heterocycles. The van der Waals surface area contributed by atoms with Crippen LogP contribution in [0.15, 0.2) is 18.2 Å². The fourth-order valence-corrected chi connectivity index (χ4v) is 0.988. The maximum Gasteiger partial charge on any atom is 0.344 e. The summed E-state index contributed by atoms with van der Waals surface area (Å²) in [6, 6.07) is 4.83. The Morgan fingerprint density at radius 2 is 2.07 bits per heavy atom. The zero-order valence-electron chi connectivity index (χ0n) is 8.53. The number of nitrogen functional groups attached to an aromatic ring is 2. The Balaban J connectivity index is 2.51. The van der Waals surface area contributed by atoms with Crippen molar-refractivity contribution in [3.63, 3.8) is 0 Å². The Morgan fingerprint density at radius 3 is 2.67 bits per heavy atom. The third-order valence-corrected chi connectivity index (χ3v) is 1.72. The second kappa shape index (κ2) is 5.09. The van der Waals surface area contributed by atoms with E-state index < -0.39 is 5.97 Å². The van der Waals surface area contributed by atoms with Crippen LogP contribution in [-0.4, -0.2) is 19.2 Å². The monoisotopic (exact) mass is 210 g/mol. The summed E-state index contributed by atoms with van der Waals surface area (Å²) in [5.74, 6) is 0.0858. The minimum absolute atomic E-state index is 0.128. The number of nitrogens with two attached hydrogens (primary N) is 2. The van der Waals surface area contributed by atoms with Gasteiger partial charge in [0.05, 0.1) is 18.0 Å². The molecule has 82 valence electrons. The van der Waals surface area contributed by atoms with Crippen molar-refractivity contribution < 1.29 is 14.3 Å². The standard InChI is InChI=1S/C10H14N2O3/c1-2-14-10(13)6-15-7-3-4-8(11)9(12)5-7/h3-5H,2,6,11-12H2,1H3. The summed E-state index contributed by atoms with van der Waals surface area (Å²) >= 11 is 0. The molecule has 0 aliphatic heterocycles. The minimum Gasteiger partial charge on any atom is -0.482 e. The molecule has 1 aromatic carbocycles. The molecule has 5 heteroatoms. The van der Waals surface area contributed by atoms with E-state index in [-0.39, 0.29) is 6.61 Å². The molecule has 0 fully saturated rings. The van der Waals surface area contributed by atoms with E-state index in [0.717, 1.165) is 0 Å². The predicted molar refractivity (Wildman–Crippen MR) is 57.4 cm³/mol. The van der Waals surface area contributed by atoms with Gasteiger partial charge < -0.3 is 20.9 Å². The van der Waals surface area contributed by atoms with Gasteiger partial charge in [-0.3, -0.25) is 0 Å². The molecule has 0 spiro atoms. The highest BCUT2D eigenvalue weighted by atomic mass is 16.6. The minimum atomic E-state index is -0.409. The van der Waals surface area contributed by atoms with Crippen LogP contribution in [0.1, 0.15) is 6.92 Å². The maximum absolute atomic E-state index is 11.0. The molecule has 4 N–H and O–H groups in total. The lowest BCUT2D eigenvalue weighted by Crippen LogP contribution is -2.14. The van der Waals surface area contributed by atoms with E-state index in [1.165, 1.54) is 0 Å². The average molecular weight is 210 g/mol. The highest BCUT2D eigenvalue weighted by Gasteiger charge is 2.03. The normalized spacial score (nSPS) is 9.67. The van der Waals surface area contributed by atoms with Crippen molar-refractivity contribution in [1.29, 1.82) is 0 Å². The molecule has 15 heavy (non-hydrogen) atoms. The quantitative estimate of drug-likeness (QED) is 0.566. The third-order valence-electron chi connectivity index (χ3n) is 1.72. The van der Waals surface area contributed by atoms with Crippen LogP contribution in [0.25, 0.3) is 0 Å². The number of hydrogen-bond donors (Lipinski definition) is 2. The maximum atomic E-state index is 11.0. The molecular weight excluding hydrogens is 196 g/mol. The number of benzene rings is 1. The van der Waals surface area contributed by atoms with Gasteiger partial charge in [0.2, 0.25) is 0 Å². The van der Waals surface area contributed by atoms with Crippen LogP contribution in [0, 0.1) is 0 Å². The summed E-state index contributed by atoms with van der Waals surface area (Å²) in [5.41, 5.74) is 12.0. The van der Waals surface area contributed by atoms with E-state index in [1.54, 1.807) is 25.1 Å². The Kier molecular flexibility index (Phi) is 3.79. The second-order valence-corrected chi connectivity index (χ2v) is 2.88. The molecule has 0 atom stereocenters. The largest absolute Gasteiger partial charge is 0.482 e. The van der Waals surface area contributed by atoms with Gasteiger partial charge in [0.1, 0.15) is 5.75 Å². The number of hydrogen-bond acceptors (Lipinski definition) is 5. The van der Waals surface area contributed by atoms with Gasteiger partial charge in [-0.2, -0.15) is 0 Å². The van der Waals surface area contributed by atoms with Crippen LogP contribution in [0.5, 0.6) is 5.75 Å². The van der Waals surface area contributed by atoms with Crippen LogP contribution < -0.4 is 16.2 Å². The van der Waals surface area contributed by atoms with Crippen molar-refractivity contribution in [3.05, 3.63) is 18.2 Å². The van der Waals surface area contributed by atoms with Crippen molar-refractivity contribution in [1.82, 2.24) is 0 Å².